The minimum absolute atomic E-state index is 0.332. The van der Waals surface area contributed by atoms with Crippen molar-refractivity contribution >= 4 is 14.7 Å². The lowest BCUT2D eigenvalue weighted by Gasteiger charge is -1.88. The fraction of sp³-hybridized carbons (Fsp3) is 0. The lowest BCUT2D eigenvalue weighted by Crippen LogP contribution is -1.77. The van der Waals surface area contributed by atoms with Gasteiger partial charge in [0.05, 0.1) is 4.91 Å². The minimum atomic E-state index is -3.04. The molecule has 0 saturated heterocycles. The van der Waals surface area contributed by atoms with E-state index in [2.05, 4.69) is 5.41 Å². The topological polar surface area (TPSA) is 34.1 Å². The molecule has 2 rings (SSSR count). The average molecular weight is 165 g/mol. The molecule has 0 fully saturated rings. The first kappa shape index (κ1) is 6.61. The Morgan fingerprint density at radius 2 is 1.64 bits per heavy atom. The molecular weight excluding hydrogens is 160 g/mol. The maximum Gasteiger partial charge on any atom is 0.211 e. The molecule has 0 N–H and O–H groups in total. The Kier molecular flexibility index (Phi) is 1.17. The van der Waals surface area contributed by atoms with Crippen LogP contribution in [0.1, 0.15) is 5.56 Å². The molecule has 1 heterocycles. The molecule has 1 aromatic carbocycles. The predicted octanol–water partition coefficient (Wildman–Crippen LogP) is 1.22. The summed E-state index contributed by atoms with van der Waals surface area (Å²) in [6.45, 7) is 0. The Bertz CT molecular complexity index is 401. The molecule has 0 bridgehead atoms. The summed E-state index contributed by atoms with van der Waals surface area (Å²) in [4.78, 5) is 0.332. The first-order valence-electron chi connectivity index (χ1n) is 3.15. The van der Waals surface area contributed by atoms with Crippen molar-refractivity contribution in [2.45, 2.75) is 0 Å². The highest BCUT2D eigenvalue weighted by atomic mass is 32.2. The van der Waals surface area contributed by atoms with Crippen LogP contribution in [0.3, 0.4) is 0 Å². The number of hydrogen-bond donors (Lipinski definition) is 0. The lowest BCUT2D eigenvalue weighted by molar-refractivity contribution is 0.617. The molecule has 1 aromatic rings. The van der Waals surface area contributed by atoms with Gasteiger partial charge in [-0.25, -0.2) is 8.42 Å². The standard InChI is InChI=1S/C8H5O2S/c9-11(10)6-8(11)7-4-2-1-3-5-7/h1-5H. The van der Waals surface area contributed by atoms with Gasteiger partial charge in [0.1, 0.15) is 5.41 Å². The minimum Gasteiger partial charge on any atom is -0.218 e. The molecule has 0 aliphatic carbocycles. The van der Waals surface area contributed by atoms with Gasteiger partial charge in [-0.05, 0) is 5.56 Å². The summed E-state index contributed by atoms with van der Waals surface area (Å²) in [5, 5.41) is 2.31. The van der Waals surface area contributed by atoms with Crippen LogP contribution in [0.5, 0.6) is 0 Å². The molecule has 1 radical (unpaired) electrons. The van der Waals surface area contributed by atoms with Gasteiger partial charge in [0.2, 0.25) is 9.84 Å². The fourth-order valence-corrected chi connectivity index (χ4v) is 1.88. The molecule has 0 atom stereocenters. The monoisotopic (exact) mass is 165 g/mol. The van der Waals surface area contributed by atoms with Crippen molar-refractivity contribution in [3.05, 3.63) is 41.3 Å². The Hall–Kier alpha value is -1.09. The maximum absolute atomic E-state index is 10.7. The summed E-state index contributed by atoms with van der Waals surface area (Å²) in [6, 6.07) is 8.97. The van der Waals surface area contributed by atoms with Crippen molar-refractivity contribution in [3.63, 3.8) is 0 Å². The molecule has 3 heteroatoms. The third-order valence-corrected chi connectivity index (χ3v) is 2.63. The Balaban J connectivity index is 2.43. The van der Waals surface area contributed by atoms with Crippen molar-refractivity contribution in [1.29, 1.82) is 0 Å². The molecule has 0 saturated carbocycles. The highest BCUT2D eigenvalue weighted by molar-refractivity contribution is 8.09. The molecule has 0 aromatic heterocycles. The van der Waals surface area contributed by atoms with E-state index < -0.39 is 9.84 Å². The summed E-state index contributed by atoms with van der Waals surface area (Å²) < 4.78 is 21.5. The number of sulfone groups is 1. The zero-order valence-corrected chi connectivity index (χ0v) is 6.43. The van der Waals surface area contributed by atoms with Crippen molar-refractivity contribution in [1.82, 2.24) is 0 Å². The van der Waals surface area contributed by atoms with Gasteiger partial charge in [0, 0.05) is 0 Å². The quantitative estimate of drug-likeness (QED) is 0.627. The Morgan fingerprint density at radius 3 is 2.09 bits per heavy atom. The van der Waals surface area contributed by atoms with Gasteiger partial charge in [0.15, 0.2) is 0 Å². The summed E-state index contributed by atoms with van der Waals surface area (Å²) in [6.07, 6.45) is 0. The van der Waals surface area contributed by atoms with E-state index in [1.807, 2.05) is 6.07 Å². The number of rotatable bonds is 1. The summed E-state index contributed by atoms with van der Waals surface area (Å²) in [5.41, 5.74) is 0.729. The van der Waals surface area contributed by atoms with E-state index in [4.69, 9.17) is 0 Å². The molecular formula is C8H5O2S. The van der Waals surface area contributed by atoms with E-state index >= 15 is 0 Å². The Labute approximate surface area is 65.1 Å². The average Bonchev–Trinajstić information content (AvgIpc) is 2.62. The van der Waals surface area contributed by atoms with E-state index in [9.17, 15) is 8.42 Å². The summed E-state index contributed by atoms with van der Waals surface area (Å²) in [5.74, 6) is 0. The molecule has 0 spiro atoms. The van der Waals surface area contributed by atoms with Gasteiger partial charge in [-0.15, -0.1) is 0 Å². The van der Waals surface area contributed by atoms with Gasteiger partial charge in [0.25, 0.3) is 0 Å². The van der Waals surface area contributed by atoms with Crippen molar-refractivity contribution in [2.24, 2.45) is 0 Å². The SMILES string of the molecule is O=S1(=O)[C]=C1c1ccccc1. The largest absolute Gasteiger partial charge is 0.218 e. The zero-order chi connectivity index (χ0) is 7.90. The van der Waals surface area contributed by atoms with Gasteiger partial charge < -0.3 is 0 Å². The van der Waals surface area contributed by atoms with Crippen LogP contribution in [0, 0.1) is 5.41 Å². The van der Waals surface area contributed by atoms with Crippen molar-refractivity contribution in [3.8, 4) is 0 Å². The highest BCUT2D eigenvalue weighted by Gasteiger charge is 2.32. The zero-order valence-electron chi connectivity index (χ0n) is 5.61. The van der Waals surface area contributed by atoms with Crippen LogP contribution in [0.2, 0.25) is 0 Å². The second kappa shape index (κ2) is 1.95. The van der Waals surface area contributed by atoms with Crippen LogP contribution >= 0.6 is 0 Å². The van der Waals surface area contributed by atoms with E-state index in [-0.39, 0.29) is 0 Å². The van der Waals surface area contributed by atoms with E-state index in [1.165, 1.54) is 0 Å². The van der Waals surface area contributed by atoms with E-state index in [0.717, 1.165) is 5.56 Å². The molecule has 1 aliphatic heterocycles. The summed E-state index contributed by atoms with van der Waals surface area (Å²) >= 11 is 0. The second-order valence-corrected chi connectivity index (χ2v) is 3.92. The van der Waals surface area contributed by atoms with Gasteiger partial charge in [-0.2, -0.15) is 0 Å². The first-order chi connectivity index (χ1) is 5.20. The fourth-order valence-electron chi connectivity index (χ4n) is 0.905. The Morgan fingerprint density at radius 1 is 1.09 bits per heavy atom. The summed E-state index contributed by atoms with van der Waals surface area (Å²) in [7, 11) is -3.04. The normalized spacial score (nSPS) is 19.1. The molecule has 55 valence electrons. The van der Waals surface area contributed by atoms with Gasteiger partial charge in [-0.1, -0.05) is 30.3 Å². The third-order valence-electron chi connectivity index (χ3n) is 1.49. The van der Waals surface area contributed by atoms with Crippen LogP contribution in [-0.2, 0) is 9.84 Å². The van der Waals surface area contributed by atoms with Crippen LogP contribution < -0.4 is 0 Å². The molecule has 11 heavy (non-hydrogen) atoms. The van der Waals surface area contributed by atoms with Gasteiger partial charge in [-0.3, -0.25) is 0 Å². The second-order valence-electron chi connectivity index (χ2n) is 2.30. The highest BCUT2D eigenvalue weighted by Crippen LogP contribution is 2.33. The third kappa shape index (κ3) is 1.07. The first-order valence-corrected chi connectivity index (χ1v) is 4.64. The van der Waals surface area contributed by atoms with Crippen molar-refractivity contribution in [2.75, 3.05) is 0 Å². The van der Waals surface area contributed by atoms with E-state index in [1.54, 1.807) is 24.3 Å². The predicted molar refractivity (Wildman–Crippen MR) is 42.0 cm³/mol. The molecule has 0 amide bonds. The van der Waals surface area contributed by atoms with Crippen LogP contribution in [0.4, 0.5) is 0 Å². The van der Waals surface area contributed by atoms with E-state index in [0.29, 0.717) is 4.91 Å². The number of hydrogen-bond acceptors (Lipinski definition) is 2. The van der Waals surface area contributed by atoms with Gasteiger partial charge >= 0.3 is 0 Å². The van der Waals surface area contributed by atoms with Crippen LogP contribution in [-0.4, -0.2) is 8.42 Å². The number of benzene rings is 1. The lowest BCUT2D eigenvalue weighted by atomic mass is 10.2. The maximum atomic E-state index is 10.7. The molecule has 1 aliphatic rings. The molecule has 2 nitrogen and oxygen atoms in total. The van der Waals surface area contributed by atoms with Crippen LogP contribution in [0.25, 0.3) is 4.91 Å². The molecule has 0 unspecified atom stereocenters. The van der Waals surface area contributed by atoms with Crippen molar-refractivity contribution < 1.29 is 8.42 Å². The van der Waals surface area contributed by atoms with Crippen LogP contribution in [0.15, 0.2) is 30.3 Å². The smallest absolute Gasteiger partial charge is 0.211 e.